The summed E-state index contributed by atoms with van der Waals surface area (Å²) in [5, 5.41) is 3.49. The number of hydrogen-bond acceptors (Lipinski definition) is 2. The summed E-state index contributed by atoms with van der Waals surface area (Å²) in [6, 6.07) is 12.4. The molecule has 0 aliphatic rings. The summed E-state index contributed by atoms with van der Waals surface area (Å²) < 4.78 is 5.49. The van der Waals surface area contributed by atoms with Crippen LogP contribution in [-0.2, 0) is 0 Å². The highest BCUT2D eigenvalue weighted by atomic mass is 16.3. The van der Waals surface area contributed by atoms with Gasteiger partial charge in [-0.1, -0.05) is 23.3 Å². The first-order chi connectivity index (χ1) is 8.65. The van der Waals surface area contributed by atoms with Crippen LogP contribution >= 0.6 is 0 Å². The third-order valence-electron chi connectivity index (χ3n) is 2.83. The Labute approximate surface area is 108 Å². The van der Waals surface area contributed by atoms with Gasteiger partial charge in [0.05, 0.1) is 12.3 Å². The molecule has 0 radical (unpaired) electrons. The molecule has 2 heteroatoms. The molecule has 0 unspecified atom stereocenters. The molecule has 94 valence electrons. The molecule has 1 aromatic carbocycles. The molecule has 1 N–H and O–H groups in total. The Bertz CT molecular complexity index is 496. The van der Waals surface area contributed by atoms with Crippen LogP contribution in [0.4, 0.5) is 5.69 Å². The average molecular weight is 241 g/mol. The number of furan rings is 1. The third-order valence-corrected chi connectivity index (χ3v) is 2.83. The zero-order chi connectivity index (χ0) is 13.0. The fraction of sp³-hybridized carbons (Fsp3) is 0.250. The van der Waals surface area contributed by atoms with Crippen LogP contribution in [0.1, 0.15) is 30.7 Å². The van der Waals surface area contributed by atoms with Crippen LogP contribution in [0.2, 0.25) is 0 Å². The third kappa shape index (κ3) is 3.27. The van der Waals surface area contributed by atoms with Gasteiger partial charge in [-0.25, -0.2) is 0 Å². The number of anilines is 1. The maximum absolute atomic E-state index is 5.49. The van der Waals surface area contributed by atoms with Crippen LogP contribution in [0.3, 0.4) is 0 Å². The second-order valence-electron chi connectivity index (χ2n) is 4.74. The van der Waals surface area contributed by atoms with Crippen molar-refractivity contribution < 1.29 is 4.42 Å². The minimum atomic E-state index is 0.139. The summed E-state index contributed by atoms with van der Waals surface area (Å²) >= 11 is 0. The van der Waals surface area contributed by atoms with Gasteiger partial charge in [-0.05, 0) is 44.5 Å². The van der Waals surface area contributed by atoms with Gasteiger partial charge >= 0.3 is 0 Å². The smallest absolute Gasteiger partial charge is 0.126 e. The van der Waals surface area contributed by atoms with E-state index in [4.69, 9.17) is 4.42 Å². The maximum Gasteiger partial charge on any atom is 0.126 e. The van der Waals surface area contributed by atoms with Crippen molar-refractivity contribution in [3.05, 3.63) is 66.1 Å². The number of benzene rings is 1. The molecule has 2 nitrogen and oxygen atoms in total. The van der Waals surface area contributed by atoms with E-state index in [0.29, 0.717) is 0 Å². The molecule has 0 amide bonds. The van der Waals surface area contributed by atoms with Gasteiger partial charge < -0.3 is 9.73 Å². The van der Waals surface area contributed by atoms with Crippen LogP contribution < -0.4 is 5.32 Å². The van der Waals surface area contributed by atoms with Crippen molar-refractivity contribution in [1.82, 2.24) is 0 Å². The van der Waals surface area contributed by atoms with E-state index >= 15 is 0 Å². The van der Waals surface area contributed by atoms with E-state index < -0.39 is 0 Å². The molecule has 0 fully saturated rings. The minimum absolute atomic E-state index is 0.139. The Hall–Kier alpha value is -1.96. The summed E-state index contributed by atoms with van der Waals surface area (Å²) in [6.45, 7) is 8.10. The molecule has 0 aliphatic carbocycles. The Kier molecular flexibility index (Phi) is 3.88. The van der Waals surface area contributed by atoms with Crippen molar-refractivity contribution in [2.75, 3.05) is 5.32 Å². The van der Waals surface area contributed by atoms with Gasteiger partial charge in [-0.3, -0.25) is 0 Å². The van der Waals surface area contributed by atoms with Gasteiger partial charge in [-0.15, -0.1) is 6.58 Å². The van der Waals surface area contributed by atoms with Crippen molar-refractivity contribution in [3.63, 3.8) is 0 Å². The number of nitrogens with one attached hydrogen (secondary N) is 1. The minimum Gasteiger partial charge on any atom is -0.467 e. The predicted molar refractivity (Wildman–Crippen MR) is 75.7 cm³/mol. The molecular formula is C16H19NO. The van der Waals surface area contributed by atoms with Gasteiger partial charge in [-0.2, -0.15) is 0 Å². The van der Waals surface area contributed by atoms with E-state index in [1.165, 1.54) is 5.56 Å². The first kappa shape index (κ1) is 12.5. The second kappa shape index (κ2) is 5.58. The lowest BCUT2D eigenvalue weighted by Crippen LogP contribution is -2.10. The van der Waals surface area contributed by atoms with Gasteiger partial charge in [0.2, 0.25) is 0 Å². The normalized spacial score (nSPS) is 12.1. The van der Waals surface area contributed by atoms with Crippen LogP contribution in [-0.4, -0.2) is 0 Å². The second-order valence-corrected chi connectivity index (χ2v) is 4.74. The first-order valence-electron chi connectivity index (χ1n) is 6.16. The Balaban J connectivity index is 2.15. The van der Waals surface area contributed by atoms with Crippen LogP contribution in [0.15, 0.2) is 59.2 Å². The first-order valence-corrected chi connectivity index (χ1v) is 6.16. The zero-order valence-corrected chi connectivity index (χ0v) is 10.9. The summed E-state index contributed by atoms with van der Waals surface area (Å²) in [5.41, 5.74) is 3.49. The van der Waals surface area contributed by atoms with E-state index in [1.54, 1.807) is 6.26 Å². The molecular weight excluding hydrogens is 222 g/mol. The quantitative estimate of drug-likeness (QED) is 0.767. The van der Waals surface area contributed by atoms with Crippen molar-refractivity contribution in [2.45, 2.75) is 26.3 Å². The van der Waals surface area contributed by atoms with Crippen molar-refractivity contribution >= 4 is 5.69 Å². The molecule has 1 aromatic heterocycles. The van der Waals surface area contributed by atoms with E-state index in [-0.39, 0.29) is 6.04 Å². The Morgan fingerprint density at radius 2 is 2.00 bits per heavy atom. The van der Waals surface area contributed by atoms with Gasteiger partial charge in [0.15, 0.2) is 0 Å². The molecule has 0 saturated heterocycles. The van der Waals surface area contributed by atoms with Gasteiger partial charge in [0, 0.05) is 5.69 Å². The topological polar surface area (TPSA) is 25.2 Å². The molecule has 0 bridgehead atoms. The molecule has 1 atom stereocenters. The van der Waals surface area contributed by atoms with E-state index in [0.717, 1.165) is 23.4 Å². The summed E-state index contributed by atoms with van der Waals surface area (Å²) in [4.78, 5) is 0. The number of rotatable bonds is 5. The number of aryl methyl sites for hydroxylation is 1. The monoisotopic (exact) mass is 241 g/mol. The number of hydrogen-bond donors (Lipinski definition) is 1. The molecule has 0 aliphatic heterocycles. The Morgan fingerprint density at radius 3 is 2.56 bits per heavy atom. The molecule has 2 rings (SSSR count). The molecule has 2 aromatic rings. The van der Waals surface area contributed by atoms with E-state index in [9.17, 15) is 0 Å². The van der Waals surface area contributed by atoms with Crippen molar-refractivity contribution in [3.8, 4) is 0 Å². The van der Waals surface area contributed by atoms with Gasteiger partial charge in [0.25, 0.3) is 0 Å². The van der Waals surface area contributed by atoms with Crippen LogP contribution in [0.25, 0.3) is 0 Å². The average Bonchev–Trinajstić information content (AvgIpc) is 2.84. The highest BCUT2D eigenvalue weighted by Gasteiger charge is 2.14. The fourth-order valence-electron chi connectivity index (χ4n) is 1.91. The lowest BCUT2D eigenvalue weighted by molar-refractivity contribution is 0.477. The predicted octanol–water partition coefficient (Wildman–Crippen LogP) is 4.71. The van der Waals surface area contributed by atoms with Crippen LogP contribution in [0, 0.1) is 6.92 Å². The summed E-state index contributed by atoms with van der Waals surface area (Å²) in [5.74, 6) is 0.943. The largest absolute Gasteiger partial charge is 0.467 e. The molecule has 1 heterocycles. The van der Waals surface area contributed by atoms with E-state index in [1.807, 2.05) is 19.1 Å². The maximum atomic E-state index is 5.49. The molecule has 0 saturated carbocycles. The molecule has 18 heavy (non-hydrogen) atoms. The molecule has 0 spiro atoms. The standard InChI is InChI=1S/C16H19NO/c1-12(2)11-15(16-5-4-10-18-16)17-14-8-6-13(3)7-9-14/h4-10,15,17H,1,11H2,2-3H3/t15-/m1/s1. The van der Waals surface area contributed by atoms with E-state index in [2.05, 4.69) is 43.1 Å². The zero-order valence-electron chi connectivity index (χ0n) is 10.9. The highest BCUT2D eigenvalue weighted by Crippen LogP contribution is 2.25. The lowest BCUT2D eigenvalue weighted by atomic mass is 10.1. The van der Waals surface area contributed by atoms with Crippen LogP contribution in [0.5, 0.6) is 0 Å². The highest BCUT2D eigenvalue weighted by molar-refractivity contribution is 5.46. The summed E-state index contributed by atoms with van der Waals surface area (Å²) in [7, 11) is 0. The Morgan fingerprint density at radius 1 is 1.28 bits per heavy atom. The fourth-order valence-corrected chi connectivity index (χ4v) is 1.91. The van der Waals surface area contributed by atoms with Crippen molar-refractivity contribution in [2.24, 2.45) is 0 Å². The summed E-state index contributed by atoms with van der Waals surface area (Å²) in [6.07, 6.45) is 2.57. The SMILES string of the molecule is C=C(C)C[C@@H](Nc1ccc(C)cc1)c1ccco1. The van der Waals surface area contributed by atoms with Crippen molar-refractivity contribution in [1.29, 1.82) is 0 Å². The lowest BCUT2D eigenvalue weighted by Gasteiger charge is -2.18. The van der Waals surface area contributed by atoms with Gasteiger partial charge in [0.1, 0.15) is 5.76 Å².